The molecule has 13 heteroatoms. The fourth-order valence-electron chi connectivity index (χ4n) is 4.40. The first-order valence-electron chi connectivity index (χ1n) is 10.8. The molecule has 182 valence electrons. The van der Waals surface area contributed by atoms with Gasteiger partial charge < -0.3 is 25.8 Å². The summed E-state index contributed by atoms with van der Waals surface area (Å²) < 4.78 is 37.4. The summed E-state index contributed by atoms with van der Waals surface area (Å²) in [5, 5.41) is 7.60. The molecular formula is C21H25F3N8O2. The Morgan fingerprint density at radius 2 is 1.88 bits per heavy atom. The number of halogens is 3. The molecule has 4 rings (SSSR count). The minimum atomic E-state index is -4.45. The van der Waals surface area contributed by atoms with Crippen LogP contribution in [-0.2, 0) is 0 Å². The summed E-state index contributed by atoms with van der Waals surface area (Å²) in [6.07, 6.45) is 0.122. The average molecular weight is 478 g/mol. The van der Waals surface area contributed by atoms with Crippen LogP contribution in [0.4, 0.5) is 35.4 Å². The number of alkyl halides is 3. The number of aromatic nitrogens is 3. The highest BCUT2D eigenvalue weighted by Crippen LogP contribution is 2.32. The molecule has 2 aliphatic rings. The summed E-state index contributed by atoms with van der Waals surface area (Å²) in [7, 11) is 1.54. The molecule has 4 heterocycles. The maximum Gasteiger partial charge on any atom is 0.405 e. The SMILES string of the molecule is CNC(=O)c1ncc(Nc2nccc(N3CC4CCC(C3)N4C(=O)NCC(F)(F)F)n2)cc1C. The molecule has 0 saturated carbocycles. The van der Waals surface area contributed by atoms with Crippen molar-refractivity contribution in [3.8, 4) is 0 Å². The maximum atomic E-state index is 12.5. The van der Waals surface area contributed by atoms with E-state index in [1.165, 1.54) is 18.1 Å². The Bertz CT molecular complexity index is 1070. The monoisotopic (exact) mass is 478 g/mol. The van der Waals surface area contributed by atoms with E-state index in [0.29, 0.717) is 41.8 Å². The van der Waals surface area contributed by atoms with Gasteiger partial charge in [0.1, 0.15) is 18.1 Å². The van der Waals surface area contributed by atoms with Crippen LogP contribution in [0.25, 0.3) is 0 Å². The van der Waals surface area contributed by atoms with Crippen LogP contribution in [0.3, 0.4) is 0 Å². The number of anilines is 3. The van der Waals surface area contributed by atoms with Gasteiger partial charge in [-0.25, -0.2) is 14.8 Å². The van der Waals surface area contributed by atoms with Gasteiger partial charge in [0.2, 0.25) is 5.95 Å². The Labute approximate surface area is 194 Å². The number of aryl methyl sites for hydroxylation is 1. The van der Waals surface area contributed by atoms with Crippen LogP contribution in [-0.4, -0.2) is 76.7 Å². The normalized spacial score (nSPS) is 19.7. The average Bonchev–Trinajstić information content (AvgIpc) is 3.06. The van der Waals surface area contributed by atoms with Crippen LogP contribution in [0.15, 0.2) is 24.5 Å². The van der Waals surface area contributed by atoms with Gasteiger partial charge in [-0.05, 0) is 37.5 Å². The van der Waals surface area contributed by atoms with Crippen molar-refractivity contribution in [2.75, 3.05) is 36.9 Å². The van der Waals surface area contributed by atoms with Crippen molar-refractivity contribution in [3.63, 3.8) is 0 Å². The summed E-state index contributed by atoms with van der Waals surface area (Å²) in [6, 6.07) is 2.46. The van der Waals surface area contributed by atoms with E-state index in [9.17, 15) is 22.8 Å². The van der Waals surface area contributed by atoms with E-state index in [4.69, 9.17) is 0 Å². The summed E-state index contributed by atoms with van der Waals surface area (Å²) in [5.41, 5.74) is 1.64. The molecule has 2 fully saturated rings. The predicted octanol–water partition coefficient (Wildman–Crippen LogP) is 2.21. The molecule has 0 radical (unpaired) electrons. The number of hydrogen-bond donors (Lipinski definition) is 3. The Hall–Kier alpha value is -3.64. The molecule has 34 heavy (non-hydrogen) atoms. The third-order valence-corrected chi connectivity index (χ3v) is 5.90. The van der Waals surface area contributed by atoms with Crippen LogP contribution in [0.2, 0.25) is 0 Å². The second kappa shape index (κ2) is 9.31. The Morgan fingerprint density at radius 1 is 1.18 bits per heavy atom. The fourth-order valence-corrected chi connectivity index (χ4v) is 4.40. The van der Waals surface area contributed by atoms with E-state index in [0.717, 1.165) is 12.8 Å². The van der Waals surface area contributed by atoms with E-state index in [1.807, 2.05) is 10.2 Å². The molecule has 0 aliphatic carbocycles. The van der Waals surface area contributed by atoms with Crippen LogP contribution < -0.4 is 20.9 Å². The highest BCUT2D eigenvalue weighted by Gasteiger charge is 2.43. The number of amides is 3. The summed E-state index contributed by atoms with van der Waals surface area (Å²) in [5.74, 6) is 0.712. The third kappa shape index (κ3) is 5.13. The minimum Gasteiger partial charge on any atom is -0.354 e. The van der Waals surface area contributed by atoms with Crippen molar-refractivity contribution < 1.29 is 22.8 Å². The Morgan fingerprint density at radius 3 is 2.50 bits per heavy atom. The smallest absolute Gasteiger partial charge is 0.354 e. The molecule has 10 nitrogen and oxygen atoms in total. The Balaban J connectivity index is 1.43. The van der Waals surface area contributed by atoms with E-state index < -0.39 is 18.8 Å². The van der Waals surface area contributed by atoms with Crippen molar-refractivity contribution in [1.29, 1.82) is 0 Å². The highest BCUT2D eigenvalue weighted by atomic mass is 19.4. The highest BCUT2D eigenvalue weighted by molar-refractivity contribution is 5.93. The van der Waals surface area contributed by atoms with Crippen molar-refractivity contribution in [1.82, 2.24) is 30.5 Å². The fraction of sp³-hybridized carbons (Fsp3) is 0.476. The van der Waals surface area contributed by atoms with Gasteiger partial charge in [0, 0.05) is 26.3 Å². The first-order chi connectivity index (χ1) is 16.1. The first kappa shape index (κ1) is 23.5. The van der Waals surface area contributed by atoms with Gasteiger partial charge in [0.25, 0.3) is 5.91 Å². The van der Waals surface area contributed by atoms with Gasteiger partial charge in [-0.1, -0.05) is 0 Å². The quantitative estimate of drug-likeness (QED) is 0.604. The van der Waals surface area contributed by atoms with Crippen LogP contribution in [0.5, 0.6) is 0 Å². The van der Waals surface area contributed by atoms with Gasteiger partial charge in [0.15, 0.2) is 0 Å². The third-order valence-electron chi connectivity index (χ3n) is 5.90. The Kier molecular flexibility index (Phi) is 6.44. The van der Waals surface area contributed by atoms with Gasteiger partial charge >= 0.3 is 12.2 Å². The first-order valence-corrected chi connectivity index (χ1v) is 10.8. The lowest BCUT2D eigenvalue weighted by Gasteiger charge is -2.41. The number of piperazine rings is 1. The number of urea groups is 1. The zero-order valence-corrected chi connectivity index (χ0v) is 18.7. The number of hydrogen-bond acceptors (Lipinski definition) is 7. The number of carbonyl (C=O) groups excluding carboxylic acids is 2. The maximum absolute atomic E-state index is 12.5. The van der Waals surface area contributed by atoms with Crippen molar-refractivity contribution in [2.45, 2.75) is 38.0 Å². The summed E-state index contributed by atoms with van der Waals surface area (Å²) in [4.78, 5) is 40.7. The molecular weight excluding hydrogens is 453 g/mol. The number of pyridine rings is 1. The molecule has 2 aromatic rings. The van der Waals surface area contributed by atoms with E-state index >= 15 is 0 Å². The van der Waals surface area contributed by atoms with Crippen LogP contribution in [0.1, 0.15) is 28.9 Å². The van der Waals surface area contributed by atoms with Gasteiger partial charge in [-0.2, -0.15) is 18.2 Å². The molecule has 3 amide bonds. The van der Waals surface area contributed by atoms with E-state index in [-0.39, 0.29) is 18.0 Å². The number of rotatable bonds is 5. The number of nitrogens with zero attached hydrogens (tertiary/aromatic N) is 5. The molecule has 0 spiro atoms. The molecule has 2 atom stereocenters. The van der Waals surface area contributed by atoms with Crippen molar-refractivity contribution in [2.24, 2.45) is 0 Å². The summed E-state index contributed by atoms with van der Waals surface area (Å²) in [6.45, 7) is 1.37. The standard InChI is InChI=1S/C21H25F3N8O2/c1-12-7-13(8-27-17(12)18(33)25-2)29-19-26-6-5-16(30-19)31-9-14-3-4-15(10-31)32(14)20(34)28-11-21(22,23)24/h5-8,14-15H,3-4,9-11H2,1-2H3,(H,25,33)(H,28,34)(H,26,29,30). The molecule has 0 aromatic carbocycles. The van der Waals surface area contributed by atoms with Gasteiger partial charge in [-0.3, -0.25) is 4.79 Å². The topological polar surface area (TPSA) is 115 Å². The van der Waals surface area contributed by atoms with Gasteiger partial charge in [0.05, 0.1) is 24.0 Å². The second-order valence-electron chi connectivity index (χ2n) is 8.30. The lowest BCUT2D eigenvalue weighted by Crippen LogP contribution is -2.59. The van der Waals surface area contributed by atoms with Crippen LogP contribution >= 0.6 is 0 Å². The largest absolute Gasteiger partial charge is 0.405 e. The molecule has 2 unspecified atom stereocenters. The number of carbonyl (C=O) groups is 2. The lowest BCUT2D eigenvalue weighted by molar-refractivity contribution is -0.123. The van der Waals surface area contributed by atoms with Gasteiger partial charge in [-0.15, -0.1) is 0 Å². The van der Waals surface area contributed by atoms with E-state index in [2.05, 4.69) is 25.6 Å². The van der Waals surface area contributed by atoms with E-state index in [1.54, 1.807) is 25.3 Å². The minimum absolute atomic E-state index is 0.192. The molecule has 2 bridgehead atoms. The molecule has 2 aromatic heterocycles. The molecule has 3 N–H and O–H groups in total. The van der Waals surface area contributed by atoms with Crippen molar-refractivity contribution in [3.05, 3.63) is 35.8 Å². The lowest BCUT2D eigenvalue weighted by atomic mass is 10.2. The number of nitrogens with one attached hydrogen (secondary N) is 3. The summed E-state index contributed by atoms with van der Waals surface area (Å²) >= 11 is 0. The zero-order chi connectivity index (χ0) is 24.5. The second-order valence-corrected chi connectivity index (χ2v) is 8.30. The number of fused-ring (bicyclic) bond motifs is 2. The molecule has 2 saturated heterocycles. The zero-order valence-electron chi connectivity index (χ0n) is 18.7. The van der Waals surface area contributed by atoms with Crippen molar-refractivity contribution >= 4 is 29.4 Å². The molecule has 2 aliphatic heterocycles. The van der Waals surface area contributed by atoms with Crippen LogP contribution in [0, 0.1) is 6.92 Å². The predicted molar refractivity (Wildman–Crippen MR) is 118 cm³/mol.